The Morgan fingerprint density at radius 3 is 2.48 bits per heavy atom. The molecule has 4 heteroatoms. The molecule has 0 aliphatic carbocycles. The Balaban J connectivity index is 1.49. The predicted molar refractivity (Wildman–Crippen MR) is 84.6 cm³/mol. The average molecular weight is 296 g/mol. The SMILES string of the molecule is C[C@@H]1CN(C[C@@H]2CCCN2C[C@@H]2CCCCO2)C[C@@H](C)O1. The number of morpholine rings is 1. The van der Waals surface area contributed by atoms with Gasteiger partial charge in [-0.25, -0.2) is 0 Å². The minimum Gasteiger partial charge on any atom is -0.377 e. The van der Waals surface area contributed by atoms with Crippen LogP contribution in [0.25, 0.3) is 0 Å². The highest BCUT2D eigenvalue weighted by atomic mass is 16.5. The second kappa shape index (κ2) is 7.40. The summed E-state index contributed by atoms with van der Waals surface area (Å²) in [4.78, 5) is 5.31. The smallest absolute Gasteiger partial charge is 0.0702 e. The quantitative estimate of drug-likeness (QED) is 0.793. The van der Waals surface area contributed by atoms with Crippen molar-refractivity contribution in [3.8, 4) is 0 Å². The Morgan fingerprint density at radius 2 is 1.76 bits per heavy atom. The highest BCUT2D eigenvalue weighted by molar-refractivity contribution is 4.86. The van der Waals surface area contributed by atoms with E-state index in [1.165, 1.54) is 45.2 Å². The van der Waals surface area contributed by atoms with Crippen LogP contribution in [0.2, 0.25) is 0 Å². The van der Waals surface area contributed by atoms with Crippen LogP contribution in [-0.4, -0.2) is 73.5 Å². The molecule has 0 spiro atoms. The monoisotopic (exact) mass is 296 g/mol. The molecule has 3 rings (SSSR count). The predicted octanol–water partition coefficient (Wildman–Crippen LogP) is 2.13. The largest absolute Gasteiger partial charge is 0.377 e. The molecule has 3 fully saturated rings. The van der Waals surface area contributed by atoms with Gasteiger partial charge in [-0.2, -0.15) is 0 Å². The van der Waals surface area contributed by atoms with Gasteiger partial charge in [0.15, 0.2) is 0 Å². The zero-order chi connectivity index (χ0) is 14.7. The second-order valence-electron chi connectivity index (χ2n) is 7.26. The van der Waals surface area contributed by atoms with Crippen LogP contribution in [0.15, 0.2) is 0 Å². The van der Waals surface area contributed by atoms with Gasteiger partial charge in [0, 0.05) is 38.8 Å². The zero-order valence-electron chi connectivity index (χ0n) is 13.8. The van der Waals surface area contributed by atoms with Gasteiger partial charge in [0.05, 0.1) is 18.3 Å². The van der Waals surface area contributed by atoms with Crippen LogP contribution >= 0.6 is 0 Å². The van der Waals surface area contributed by atoms with Gasteiger partial charge >= 0.3 is 0 Å². The molecule has 4 atom stereocenters. The van der Waals surface area contributed by atoms with Crippen molar-refractivity contribution < 1.29 is 9.47 Å². The van der Waals surface area contributed by atoms with Crippen molar-refractivity contribution in [2.75, 3.05) is 39.3 Å². The highest BCUT2D eigenvalue weighted by Gasteiger charge is 2.31. The van der Waals surface area contributed by atoms with E-state index in [9.17, 15) is 0 Å². The van der Waals surface area contributed by atoms with Crippen molar-refractivity contribution in [2.24, 2.45) is 0 Å². The molecule has 3 aliphatic heterocycles. The van der Waals surface area contributed by atoms with Crippen LogP contribution in [0.4, 0.5) is 0 Å². The molecule has 0 saturated carbocycles. The van der Waals surface area contributed by atoms with Crippen molar-refractivity contribution in [2.45, 2.75) is 70.3 Å². The van der Waals surface area contributed by atoms with E-state index in [0.29, 0.717) is 18.3 Å². The average Bonchev–Trinajstić information content (AvgIpc) is 2.86. The minimum absolute atomic E-state index is 0.380. The summed E-state index contributed by atoms with van der Waals surface area (Å²) in [5, 5.41) is 0. The first-order valence-electron chi connectivity index (χ1n) is 8.94. The maximum absolute atomic E-state index is 5.94. The summed E-state index contributed by atoms with van der Waals surface area (Å²) in [6, 6.07) is 0.730. The molecule has 0 bridgehead atoms. The van der Waals surface area contributed by atoms with Gasteiger partial charge in [0.1, 0.15) is 0 Å². The normalized spacial score (nSPS) is 39.7. The molecule has 0 aromatic carbocycles. The number of hydrogen-bond donors (Lipinski definition) is 0. The Morgan fingerprint density at radius 1 is 0.952 bits per heavy atom. The van der Waals surface area contributed by atoms with Crippen LogP contribution in [0.1, 0.15) is 46.0 Å². The lowest BCUT2D eigenvalue weighted by molar-refractivity contribution is -0.0742. The standard InChI is InChI=1S/C17H32N2O2/c1-14-10-18(11-15(2)21-14)12-16-6-5-8-19(16)13-17-7-3-4-9-20-17/h14-17H,3-13H2,1-2H3/t14-,15-,16+,17+/m1/s1. The Hall–Kier alpha value is -0.160. The third-order valence-corrected chi connectivity index (χ3v) is 5.18. The van der Waals surface area contributed by atoms with E-state index in [0.717, 1.165) is 32.3 Å². The fourth-order valence-corrected chi connectivity index (χ4v) is 4.29. The Kier molecular flexibility index (Phi) is 5.54. The van der Waals surface area contributed by atoms with Crippen molar-refractivity contribution in [1.82, 2.24) is 9.80 Å². The lowest BCUT2D eigenvalue weighted by Gasteiger charge is -2.39. The lowest BCUT2D eigenvalue weighted by Crippen LogP contribution is -2.51. The summed E-state index contributed by atoms with van der Waals surface area (Å²) in [5.74, 6) is 0. The van der Waals surface area contributed by atoms with E-state index in [-0.39, 0.29) is 0 Å². The van der Waals surface area contributed by atoms with Gasteiger partial charge in [-0.05, 0) is 52.5 Å². The fourth-order valence-electron chi connectivity index (χ4n) is 4.29. The first-order chi connectivity index (χ1) is 10.2. The van der Waals surface area contributed by atoms with Crippen LogP contribution in [0.5, 0.6) is 0 Å². The fraction of sp³-hybridized carbons (Fsp3) is 1.00. The van der Waals surface area contributed by atoms with Gasteiger partial charge in [0.25, 0.3) is 0 Å². The number of nitrogens with zero attached hydrogens (tertiary/aromatic N) is 2. The molecule has 122 valence electrons. The maximum Gasteiger partial charge on any atom is 0.0702 e. The molecule has 0 amide bonds. The van der Waals surface area contributed by atoms with Crippen LogP contribution in [0, 0.1) is 0 Å². The van der Waals surface area contributed by atoms with Crippen LogP contribution < -0.4 is 0 Å². The topological polar surface area (TPSA) is 24.9 Å². The molecule has 0 aromatic heterocycles. The van der Waals surface area contributed by atoms with Crippen molar-refractivity contribution in [3.63, 3.8) is 0 Å². The molecule has 0 aromatic rings. The van der Waals surface area contributed by atoms with Gasteiger partial charge in [-0.3, -0.25) is 9.80 Å². The number of hydrogen-bond acceptors (Lipinski definition) is 4. The first-order valence-corrected chi connectivity index (χ1v) is 8.94. The summed E-state index contributed by atoms with van der Waals surface area (Å²) >= 11 is 0. The van der Waals surface area contributed by atoms with Crippen molar-refractivity contribution >= 4 is 0 Å². The van der Waals surface area contributed by atoms with Crippen LogP contribution in [0.3, 0.4) is 0 Å². The van der Waals surface area contributed by atoms with Gasteiger partial charge < -0.3 is 9.47 Å². The van der Waals surface area contributed by atoms with Gasteiger partial charge in [-0.15, -0.1) is 0 Å². The number of likely N-dealkylation sites (tertiary alicyclic amines) is 1. The summed E-state index contributed by atoms with van der Waals surface area (Å²) in [7, 11) is 0. The Bertz CT molecular complexity index is 310. The maximum atomic E-state index is 5.94. The van der Waals surface area contributed by atoms with E-state index >= 15 is 0 Å². The molecule has 0 radical (unpaired) electrons. The summed E-state index contributed by atoms with van der Waals surface area (Å²) < 4.78 is 11.8. The molecular weight excluding hydrogens is 264 g/mol. The van der Waals surface area contributed by atoms with Gasteiger partial charge in [0.2, 0.25) is 0 Å². The first kappa shape index (κ1) is 15.7. The number of ether oxygens (including phenoxy) is 2. The molecule has 4 nitrogen and oxygen atoms in total. The molecule has 21 heavy (non-hydrogen) atoms. The third kappa shape index (κ3) is 4.41. The Labute approximate surface area is 129 Å². The van der Waals surface area contributed by atoms with E-state index in [1.807, 2.05) is 0 Å². The van der Waals surface area contributed by atoms with E-state index < -0.39 is 0 Å². The summed E-state index contributed by atoms with van der Waals surface area (Å²) in [6.07, 6.45) is 7.82. The summed E-state index contributed by atoms with van der Waals surface area (Å²) in [6.45, 7) is 11.2. The lowest BCUT2D eigenvalue weighted by atomic mass is 10.1. The molecule has 3 saturated heterocycles. The van der Waals surface area contributed by atoms with Crippen molar-refractivity contribution in [3.05, 3.63) is 0 Å². The zero-order valence-corrected chi connectivity index (χ0v) is 13.8. The molecule has 3 heterocycles. The third-order valence-electron chi connectivity index (χ3n) is 5.18. The van der Waals surface area contributed by atoms with Gasteiger partial charge in [-0.1, -0.05) is 0 Å². The summed E-state index contributed by atoms with van der Waals surface area (Å²) in [5.41, 5.74) is 0. The minimum atomic E-state index is 0.380. The van der Waals surface area contributed by atoms with Crippen LogP contribution in [-0.2, 0) is 9.47 Å². The molecular formula is C17H32N2O2. The molecule has 0 N–H and O–H groups in total. The van der Waals surface area contributed by atoms with Crippen molar-refractivity contribution in [1.29, 1.82) is 0 Å². The molecule has 3 aliphatic rings. The van der Waals surface area contributed by atoms with E-state index in [2.05, 4.69) is 23.6 Å². The highest BCUT2D eigenvalue weighted by Crippen LogP contribution is 2.23. The number of rotatable bonds is 4. The molecule has 0 unspecified atom stereocenters. The van der Waals surface area contributed by atoms with E-state index in [4.69, 9.17) is 9.47 Å². The van der Waals surface area contributed by atoms with E-state index in [1.54, 1.807) is 0 Å². The second-order valence-corrected chi connectivity index (χ2v) is 7.26.